The SMILES string of the molecule is COc1ccc(Cn2nnnc2CN2CCSCC2)cc1. The molecule has 0 aliphatic carbocycles. The molecule has 0 N–H and O–H groups in total. The lowest BCUT2D eigenvalue weighted by Crippen LogP contribution is -2.33. The number of benzene rings is 1. The van der Waals surface area contributed by atoms with Crippen LogP contribution in [0.25, 0.3) is 0 Å². The number of tetrazole rings is 1. The molecule has 1 fully saturated rings. The van der Waals surface area contributed by atoms with Crippen LogP contribution in [0.5, 0.6) is 5.75 Å². The van der Waals surface area contributed by atoms with E-state index in [2.05, 4.69) is 20.4 Å². The Morgan fingerprint density at radius 3 is 2.62 bits per heavy atom. The number of hydrogen-bond donors (Lipinski definition) is 0. The van der Waals surface area contributed by atoms with Gasteiger partial charge in [-0.05, 0) is 28.1 Å². The summed E-state index contributed by atoms with van der Waals surface area (Å²) in [7, 11) is 1.67. The minimum Gasteiger partial charge on any atom is -0.497 e. The molecular formula is C14H19N5OS. The van der Waals surface area contributed by atoms with Gasteiger partial charge in [0.25, 0.3) is 0 Å². The molecule has 112 valence electrons. The topological polar surface area (TPSA) is 56.1 Å². The Labute approximate surface area is 128 Å². The van der Waals surface area contributed by atoms with E-state index in [1.54, 1.807) is 7.11 Å². The van der Waals surface area contributed by atoms with Crippen molar-refractivity contribution in [3.63, 3.8) is 0 Å². The number of nitrogens with zero attached hydrogens (tertiary/aromatic N) is 5. The van der Waals surface area contributed by atoms with E-state index < -0.39 is 0 Å². The second-order valence-electron chi connectivity index (χ2n) is 4.99. The van der Waals surface area contributed by atoms with E-state index in [0.29, 0.717) is 6.54 Å². The average Bonchev–Trinajstić information content (AvgIpc) is 2.96. The van der Waals surface area contributed by atoms with Gasteiger partial charge in [-0.3, -0.25) is 4.90 Å². The Kier molecular flexibility index (Phi) is 4.72. The van der Waals surface area contributed by atoms with E-state index in [0.717, 1.165) is 31.2 Å². The summed E-state index contributed by atoms with van der Waals surface area (Å²) < 4.78 is 7.05. The first-order valence-electron chi connectivity index (χ1n) is 7.03. The van der Waals surface area contributed by atoms with Gasteiger partial charge < -0.3 is 4.74 Å². The summed E-state index contributed by atoms with van der Waals surface area (Å²) in [5.74, 6) is 4.18. The van der Waals surface area contributed by atoms with Gasteiger partial charge in [0.05, 0.1) is 20.2 Å². The van der Waals surface area contributed by atoms with E-state index in [4.69, 9.17) is 4.74 Å². The summed E-state index contributed by atoms with van der Waals surface area (Å²) in [6.07, 6.45) is 0. The molecule has 0 unspecified atom stereocenters. The van der Waals surface area contributed by atoms with Crippen molar-refractivity contribution in [2.24, 2.45) is 0 Å². The largest absolute Gasteiger partial charge is 0.497 e. The van der Waals surface area contributed by atoms with Gasteiger partial charge in [0.1, 0.15) is 5.75 Å². The molecule has 0 radical (unpaired) electrons. The summed E-state index contributed by atoms with van der Waals surface area (Å²) in [6.45, 7) is 3.73. The van der Waals surface area contributed by atoms with Crippen molar-refractivity contribution in [1.29, 1.82) is 0 Å². The van der Waals surface area contributed by atoms with Crippen LogP contribution in [-0.4, -0.2) is 56.8 Å². The van der Waals surface area contributed by atoms with Crippen LogP contribution in [0.15, 0.2) is 24.3 Å². The molecule has 1 aromatic carbocycles. The molecule has 0 saturated carbocycles. The quantitative estimate of drug-likeness (QED) is 0.829. The highest BCUT2D eigenvalue weighted by molar-refractivity contribution is 7.99. The molecule has 3 rings (SSSR count). The van der Waals surface area contributed by atoms with Crippen LogP contribution in [0.2, 0.25) is 0 Å². The van der Waals surface area contributed by atoms with Crippen LogP contribution >= 0.6 is 11.8 Å². The average molecular weight is 305 g/mol. The third-order valence-corrected chi connectivity index (χ3v) is 4.51. The highest BCUT2D eigenvalue weighted by Crippen LogP contribution is 2.14. The lowest BCUT2D eigenvalue weighted by molar-refractivity contribution is 0.281. The molecule has 0 atom stereocenters. The Bertz CT molecular complexity index is 565. The van der Waals surface area contributed by atoms with Gasteiger partial charge in [-0.2, -0.15) is 11.8 Å². The lowest BCUT2D eigenvalue weighted by atomic mass is 10.2. The Morgan fingerprint density at radius 1 is 1.14 bits per heavy atom. The molecule has 1 aliphatic heterocycles. The molecule has 2 aromatic rings. The minimum absolute atomic E-state index is 0.689. The first-order chi connectivity index (χ1) is 10.3. The molecule has 1 saturated heterocycles. The van der Waals surface area contributed by atoms with Gasteiger partial charge in [0, 0.05) is 24.6 Å². The van der Waals surface area contributed by atoms with Gasteiger partial charge in [-0.25, -0.2) is 4.68 Å². The second kappa shape index (κ2) is 6.91. The number of aromatic nitrogens is 4. The van der Waals surface area contributed by atoms with Gasteiger partial charge in [0.2, 0.25) is 0 Å². The fraction of sp³-hybridized carbons (Fsp3) is 0.500. The van der Waals surface area contributed by atoms with Gasteiger partial charge in [-0.1, -0.05) is 12.1 Å². The predicted octanol–water partition coefficient (Wildman–Crippen LogP) is 1.28. The summed E-state index contributed by atoms with van der Waals surface area (Å²) in [6, 6.07) is 8.01. The van der Waals surface area contributed by atoms with Crippen LogP contribution < -0.4 is 4.74 Å². The van der Waals surface area contributed by atoms with E-state index in [-0.39, 0.29) is 0 Å². The minimum atomic E-state index is 0.689. The van der Waals surface area contributed by atoms with Crippen LogP contribution in [0.4, 0.5) is 0 Å². The molecular weight excluding hydrogens is 286 g/mol. The first-order valence-corrected chi connectivity index (χ1v) is 8.19. The van der Waals surface area contributed by atoms with E-state index >= 15 is 0 Å². The molecule has 0 spiro atoms. The van der Waals surface area contributed by atoms with Crippen LogP contribution in [0.3, 0.4) is 0 Å². The molecule has 2 heterocycles. The van der Waals surface area contributed by atoms with Gasteiger partial charge in [-0.15, -0.1) is 5.10 Å². The summed E-state index contributed by atoms with van der Waals surface area (Å²) in [5, 5.41) is 12.1. The zero-order valence-electron chi connectivity index (χ0n) is 12.1. The van der Waals surface area contributed by atoms with Gasteiger partial charge in [0.15, 0.2) is 5.82 Å². The number of rotatable bonds is 5. The smallest absolute Gasteiger partial charge is 0.165 e. The molecule has 21 heavy (non-hydrogen) atoms. The van der Waals surface area contributed by atoms with Crippen molar-refractivity contribution >= 4 is 11.8 Å². The summed E-state index contributed by atoms with van der Waals surface area (Å²) >= 11 is 2.01. The molecule has 0 bridgehead atoms. The third kappa shape index (κ3) is 3.74. The van der Waals surface area contributed by atoms with E-state index in [1.165, 1.54) is 17.1 Å². The fourth-order valence-electron chi connectivity index (χ4n) is 2.32. The van der Waals surface area contributed by atoms with Crippen LogP contribution in [-0.2, 0) is 13.1 Å². The number of hydrogen-bond acceptors (Lipinski definition) is 6. The van der Waals surface area contributed by atoms with E-state index in [1.807, 2.05) is 40.7 Å². The van der Waals surface area contributed by atoms with Crippen molar-refractivity contribution < 1.29 is 4.74 Å². The standard InChI is InChI=1S/C14H19N5OS/c1-20-13-4-2-12(3-5-13)10-19-14(15-16-17-19)11-18-6-8-21-9-7-18/h2-5H,6-11H2,1H3. The third-order valence-electron chi connectivity index (χ3n) is 3.57. The van der Waals surface area contributed by atoms with Crippen molar-refractivity contribution in [3.8, 4) is 5.75 Å². The van der Waals surface area contributed by atoms with Gasteiger partial charge >= 0.3 is 0 Å². The molecule has 6 nitrogen and oxygen atoms in total. The fourth-order valence-corrected chi connectivity index (χ4v) is 3.30. The second-order valence-corrected chi connectivity index (χ2v) is 6.21. The molecule has 7 heteroatoms. The maximum atomic E-state index is 5.17. The highest BCUT2D eigenvalue weighted by atomic mass is 32.2. The molecule has 1 aliphatic rings. The zero-order valence-corrected chi connectivity index (χ0v) is 12.9. The maximum absolute atomic E-state index is 5.17. The number of methoxy groups -OCH3 is 1. The Hall–Kier alpha value is -1.60. The van der Waals surface area contributed by atoms with Crippen LogP contribution in [0.1, 0.15) is 11.4 Å². The van der Waals surface area contributed by atoms with Crippen molar-refractivity contribution in [3.05, 3.63) is 35.7 Å². The van der Waals surface area contributed by atoms with Crippen molar-refractivity contribution in [2.75, 3.05) is 31.7 Å². The Balaban J connectivity index is 1.66. The van der Waals surface area contributed by atoms with Crippen molar-refractivity contribution in [2.45, 2.75) is 13.1 Å². The van der Waals surface area contributed by atoms with Crippen molar-refractivity contribution in [1.82, 2.24) is 25.1 Å². The molecule has 0 amide bonds. The monoisotopic (exact) mass is 305 g/mol. The number of thioether (sulfide) groups is 1. The Morgan fingerprint density at radius 2 is 1.90 bits per heavy atom. The molecule has 1 aromatic heterocycles. The zero-order chi connectivity index (χ0) is 14.5. The predicted molar refractivity (Wildman–Crippen MR) is 82.5 cm³/mol. The first kappa shape index (κ1) is 14.3. The summed E-state index contributed by atoms with van der Waals surface area (Å²) in [5.41, 5.74) is 1.17. The summed E-state index contributed by atoms with van der Waals surface area (Å²) in [4.78, 5) is 2.41. The van der Waals surface area contributed by atoms with E-state index in [9.17, 15) is 0 Å². The maximum Gasteiger partial charge on any atom is 0.165 e. The lowest BCUT2D eigenvalue weighted by Gasteiger charge is -2.25. The highest BCUT2D eigenvalue weighted by Gasteiger charge is 2.15. The normalized spacial score (nSPS) is 16.0. The van der Waals surface area contributed by atoms with Crippen LogP contribution in [0, 0.1) is 0 Å². The number of ether oxygens (including phenoxy) is 1.